The molecular formula is C12H17N3O2S. The molecule has 6 heteroatoms. The van der Waals surface area contributed by atoms with Crippen molar-refractivity contribution in [1.29, 1.82) is 0 Å². The van der Waals surface area contributed by atoms with E-state index in [1.54, 1.807) is 0 Å². The van der Waals surface area contributed by atoms with Gasteiger partial charge in [0.2, 0.25) is 10.0 Å². The zero-order chi connectivity index (χ0) is 13.0. The molecule has 0 aliphatic rings. The Hall–Kier alpha value is -1.37. The highest BCUT2D eigenvalue weighted by Crippen LogP contribution is 2.13. The van der Waals surface area contributed by atoms with E-state index in [0.29, 0.717) is 13.1 Å². The van der Waals surface area contributed by atoms with Crippen LogP contribution in [0.25, 0.3) is 10.9 Å². The third kappa shape index (κ3) is 3.32. The monoisotopic (exact) mass is 267 g/mol. The maximum Gasteiger partial charge on any atom is 0.212 e. The van der Waals surface area contributed by atoms with E-state index in [1.807, 2.05) is 24.4 Å². The van der Waals surface area contributed by atoms with Crippen LogP contribution in [0.3, 0.4) is 0 Å². The lowest BCUT2D eigenvalue weighted by Gasteiger charge is -2.05. The van der Waals surface area contributed by atoms with Crippen LogP contribution in [0.2, 0.25) is 0 Å². The van der Waals surface area contributed by atoms with Crippen LogP contribution in [0.5, 0.6) is 0 Å². The number of H-pyrrole nitrogens is 1. The first kappa shape index (κ1) is 13.1. The number of sulfonamides is 1. The Bertz CT molecular complexity index is 619. The Labute approximate surface area is 107 Å². The van der Waals surface area contributed by atoms with Crippen molar-refractivity contribution >= 4 is 20.9 Å². The van der Waals surface area contributed by atoms with E-state index >= 15 is 0 Å². The summed E-state index contributed by atoms with van der Waals surface area (Å²) in [6, 6.07) is 8.17. The minimum absolute atomic E-state index is 0.0915. The Morgan fingerprint density at radius 3 is 2.89 bits per heavy atom. The van der Waals surface area contributed by atoms with Gasteiger partial charge in [0.15, 0.2) is 0 Å². The van der Waals surface area contributed by atoms with Crippen molar-refractivity contribution in [2.24, 2.45) is 0 Å². The largest absolute Gasteiger partial charge is 0.361 e. The topological polar surface area (TPSA) is 74.0 Å². The molecule has 1 heterocycles. The lowest BCUT2D eigenvalue weighted by molar-refractivity contribution is 0.583. The second kappa shape index (κ2) is 5.51. The number of hydrogen-bond donors (Lipinski definition) is 3. The van der Waals surface area contributed by atoms with Gasteiger partial charge >= 0.3 is 0 Å². The second-order valence-electron chi connectivity index (χ2n) is 4.10. The fourth-order valence-corrected chi connectivity index (χ4v) is 2.36. The summed E-state index contributed by atoms with van der Waals surface area (Å²) in [6.45, 7) is 1.10. The summed E-state index contributed by atoms with van der Waals surface area (Å²) in [5, 5.41) is 4.29. The molecule has 1 aromatic carbocycles. The standard InChI is InChI=1S/C12H17N3O2S/c1-13-18(16,17)7-6-14-9-10-2-3-11-4-5-15-12(11)8-10/h2-5,8,13-15H,6-7,9H2,1H3. The molecule has 0 saturated carbocycles. The lowest BCUT2D eigenvalue weighted by atomic mass is 10.1. The molecule has 0 atom stereocenters. The highest BCUT2D eigenvalue weighted by Gasteiger charge is 2.05. The SMILES string of the molecule is CNS(=O)(=O)CCNCc1ccc2cc[nH]c2c1. The summed E-state index contributed by atoms with van der Waals surface area (Å²) >= 11 is 0. The van der Waals surface area contributed by atoms with Crippen LogP contribution in [-0.2, 0) is 16.6 Å². The lowest BCUT2D eigenvalue weighted by Crippen LogP contribution is -2.29. The molecule has 1 aromatic heterocycles. The number of nitrogens with one attached hydrogen (secondary N) is 3. The highest BCUT2D eigenvalue weighted by atomic mass is 32.2. The van der Waals surface area contributed by atoms with Gasteiger partial charge in [0.05, 0.1) is 5.75 Å². The first-order chi connectivity index (χ1) is 8.61. The van der Waals surface area contributed by atoms with Gasteiger partial charge in [-0.25, -0.2) is 13.1 Å². The average molecular weight is 267 g/mol. The van der Waals surface area contributed by atoms with Crippen LogP contribution in [0, 0.1) is 0 Å². The summed E-state index contributed by atoms with van der Waals surface area (Å²) in [7, 11) is -1.69. The van der Waals surface area contributed by atoms with Crippen molar-refractivity contribution in [3.63, 3.8) is 0 Å². The molecule has 0 bridgehead atoms. The zero-order valence-electron chi connectivity index (χ0n) is 10.2. The fraction of sp³-hybridized carbons (Fsp3) is 0.333. The zero-order valence-corrected chi connectivity index (χ0v) is 11.0. The van der Waals surface area contributed by atoms with Gasteiger partial charge in [-0.15, -0.1) is 0 Å². The number of rotatable bonds is 6. The minimum Gasteiger partial charge on any atom is -0.361 e. The number of aromatic amines is 1. The van der Waals surface area contributed by atoms with Crippen molar-refractivity contribution in [1.82, 2.24) is 15.0 Å². The van der Waals surface area contributed by atoms with E-state index in [1.165, 1.54) is 12.4 Å². The van der Waals surface area contributed by atoms with Crippen molar-refractivity contribution in [2.45, 2.75) is 6.54 Å². The summed E-state index contributed by atoms with van der Waals surface area (Å²) < 4.78 is 24.7. The number of fused-ring (bicyclic) bond motifs is 1. The van der Waals surface area contributed by atoms with Crippen LogP contribution in [0.15, 0.2) is 30.5 Å². The molecule has 0 unspecified atom stereocenters. The molecule has 0 amide bonds. The van der Waals surface area contributed by atoms with Crippen molar-refractivity contribution < 1.29 is 8.42 Å². The second-order valence-corrected chi connectivity index (χ2v) is 6.15. The number of benzene rings is 1. The van der Waals surface area contributed by atoms with Gasteiger partial charge in [-0.1, -0.05) is 12.1 Å². The normalized spacial score (nSPS) is 12.1. The molecule has 0 fully saturated rings. The number of hydrogen-bond acceptors (Lipinski definition) is 3. The molecule has 3 N–H and O–H groups in total. The first-order valence-corrected chi connectivity index (χ1v) is 7.44. The van der Waals surface area contributed by atoms with Crippen LogP contribution in [0.4, 0.5) is 0 Å². The predicted octanol–water partition coefficient (Wildman–Crippen LogP) is 0.807. The predicted molar refractivity (Wildman–Crippen MR) is 72.9 cm³/mol. The molecule has 2 rings (SSSR count). The summed E-state index contributed by atoms with van der Waals surface area (Å²) in [5.74, 6) is 0.0915. The van der Waals surface area contributed by atoms with Gasteiger partial charge in [-0.3, -0.25) is 0 Å². The Kier molecular flexibility index (Phi) is 4.00. The van der Waals surface area contributed by atoms with E-state index in [0.717, 1.165) is 11.1 Å². The molecule has 98 valence electrons. The Morgan fingerprint density at radius 2 is 2.11 bits per heavy atom. The highest BCUT2D eigenvalue weighted by molar-refractivity contribution is 7.89. The van der Waals surface area contributed by atoms with Crippen LogP contribution in [0.1, 0.15) is 5.56 Å². The van der Waals surface area contributed by atoms with E-state index in [9.17, 15) is 8.42 Å². The van der Waals surface area contributed by atoms with Gasteiger partial charge < -0.3 is 10.3 Å². The molecule has 0 aliphatic heterocycles. The van der Waals surface area contributed by atoms with Gasteiger partial charge in [0.1, 0.15) is 0 Å². The molecule has 2 aromatic rings. The molecule has 5 nitrogen and oxygen atoms in total. The molecular weight excluding hydrogens is 250 g/mol. The molecule has 18 heavy (non-hydrogen) atoms. The van der Waals surface area contributed by atoms with Gasteiger partial charge in [-0.05, 0) is 30.1 Å². The van der Waals surface area contributed by atoms with Crippen molar-refractivity contribution in [2.75, 3.05) is 19.3 Å². The van der Waals surface area contributed by atoms with Crippen molar-refractivity contribution in [3.05, 3.63) is 36.0 Å². The van der Waals surface area contributed by atoms with E-state index in [4.69, 9.17) is 0 Å². The first-order valence-electron chi connectivity index (χ1n) is 5.79. The third-order valence-corrected chi connectivity index (χ3v) is 4.17. The molecule has 0 spiro atoms. The Morgan fingerprint density at radius 1 is 1.28 bits per heavy atom. The van der Waals surface area contributed by atoms with Gasteiger partial charge in [-0.2, -0.15) is 0 Å². The Balaban J connectivity index is 1.86. The minimum atomic E-state index is -3.12. The average Bonchev–Trinajstić information content (AvgIpc) is 2.82. The van der Waals surface area contributed by atoms with E-state index in [-0.39, 0.29) is 5.75 Å². The van der Waals surface area contributed by atoms with E-state index < -0.39 is 10.0 Å². The molecule has 0 radical (unpaired) electrons. The summed E-state index contributed by atoms with van der Waals surface area (Å²) in [6.07, 6.45) is 1.90. The maximum absolute atomic E-state index is 11.2. The van der Waals surface area contributed by atoms with Crippen molar-refractivity contribution in [3.8, 4) is 0 Å². The van der Waals surface area contributed by atoms with Gasteiger partial charge in [0.25, 0.3) is 0 Å². The van der Waals surface area contributed by atoms with E-state index in [2.05, 4.69) is 21.1 Å². The fourth-order valence-electron chi connectivity index (χ4n) is 1.75. The summed E-state index contributed by atoms with van der Waals surface area (Å²) in [5.41, 5.74) is 2.23. The smallest absolute Gasteiger partial charge is 0.212 e. The van der Waals surface area contributed by atoms with Gasteiger partial charge in [0, 0.05) is 24.8 Å². The number of aromatic nitrogens is 1. The quantitative estimate of drug-likeness (QED) is 0.678. The third-order valence-electron chi connectivity index (χ3n) is 2.81. The molecule has 0 saturated heterocycles. The van der Waals surface area contributed by atoms with Crippen LogP contribution >= 0.6 is 0 Å². The maximum atomic E-state index is 11.2. The molecule has 0 aliphatic carbocycles. The summed E-state index contributed by atoms with van der Waals surface area (Å²) in [4.78, 5) is 3.15. The van der Waals surface area contributed by atoms with Crippen LogP contribution < -0.4 is 10.0 Å². The van der Waals surface area contributed by atoms with Crippen LogP contribution in [-0.4, -0.2) is 32.7 Å².